The minimum absolute atomic E-state index is 0.210. The zero-order valence-electron chi connectivity index (χ0n) is 15.5. The SMILES string of the molecule is COc1cc(/C=C(\C#N)c2ccccc2F)cc(Br)c1OCc1ccccc1Cl. The molecular weight excluding hydrogens is 457 g/mol. The summed E-state index contributed by atoms with van der Waals surface area (Å²) in [5, 5.41) is 10.1. The van der Waals surface area contributed by atoms with E-state index in [-0.39, 0.29) is 17.7 Å². The predicted molar refractivity (Wildman–Crippen MR) is 116 cm³/mol. The second-order valence-corrected chi connectivity index (χ2v) is 7.33. The number of hydrogen-bond acceptors (Lipinski definition) is 3. The lowest BCUT2D eigenvalue weighted by molar-refractivity contribution is 0.282. The van der Waals surface area contributed by atoms with Crippen molar-refractivity contribution >= 4 is 39.2 Å². The minimum Gasteiger partial charge on any atom is -0.493 e. The summed E-state index contributed by atoms with van der Waals surface area (Å²) in [6, 6.07) is 19.1. The summed E-state index contributed by atoms with van der Waals surface area (Å²) in [5.74, 6) is 0.531. The number of benzene rings is 3. The Bertz CT molecular complexity index is 1110. The summed E-state index contributed by atoms with van der Waals surface area (Å²) in [6.07, 6.45) is 1.60. The van der Waals surface area contributed by atoms with Gasteiger partial charge < -0.3 is 9.47 Å². The Kier molecular flexibility index (Phi) is 6.92. The van der Waals surface area contributed by atoms with Crippen molar-refractivity contribution in [2.24, 2.45) is 0 Å². The van der Waals surface area contributed by atoms with Crippen molar-refractivity contribution in [3.8, 4) is 17.6 Å². The topological polar surface area (TPSA) is 42.2 Å². The smallest absolute Gasteiger partial charge is 0.175 e. The average molecular weight is 473 g/mol. The molecule has 3 aromatic rings. The Labute approximate surface area is 182 Å². The fourth-order valence-corrected chi connectivity index (χ4v) is 3.51. The van der Waals surface area contributed by atoms with E-state index in [4.69, 9.17) is 21.1 Å². The van der Waals surface area contributed by atoms with Crippen LogP contribution < -0.4 is 9.47 Å². The maximum atomic E-state index is 14.1. The first kappa shape index (κ1) is 20.9. The first-order valence-electron chi connectivity index (χ1n) is 8.64. The van der Waals surface area contributed by atoms with Crippen molar-refractivity contribution < 1.29 is 13.9 Å². The van der Waals surface area contributed by atoms with Gasteiger partial charge in [0.15, 0.2) is 11.5 Å². The maximum Gasteiger partial charge on any atom is 0.175 e. The Hall–Kier alpha value is -2.81. The Morgan fingerprint density at radius 3 is 2.59 bits per heavy atom. The quantitative estimate of drug-likeness (QED) is 0.290. The molecule has 0 unspecified atom stereocenters. The first-order valence-corrected chi connectivity index (χ1v) is 9.81. The molecule has 0 fully saturated rings. The van der Waals surface area contributed by atoms with E-state index < -0.39 is 5.82 Å². The molecule has 0 atom stereocenters. The predicted octanol–water partition coefficient (Wildman–Crippen LogP) is 6.89. The van der Waals surface area contributed by atoms with Crippen LogP contribution in [-0.2, 0) is 6.61 Å². The lowest BCUT2D eigenvalue weighted by atomic mass is 10.0. The molecule has 146 valence electrons. The second-order valence-electron chi connectivity index (χ2n) is 6.06. The number of methoxy groups -OCH3 is 1. The fraction of sp³-hybridized carbons (Fsp3) is 0.0870. The van der Waals surface area contributed by atoms with Crippen molar-refractivity contribution in [3.63, 3.8) is 0 Å². The summed E-state index contributed by atoms with van der Waals surface area (Å²) in [7, 11) is 1.53. The maximum absolute atomic E-state index is 14.1. The van der Waals surface area contributed by atoms with Crippen LogP contribution in [0.2, 0.25) is 5.02 Å². The van der Waals surface area contributed by atoms with Crippen LogP contribution in [0.5, 0.6) is 11.5 Å². The van der Waals surface area contributed by atoms with Crippen LogP contribution in [-0.4, -0.2) is 7.11 Å². The third-order valence-electron chi connectivity index (χ3n) is 4.18. The zero-order chi connectivity index (χ0) is 20.8. The van der Waals surface area contributed by atoms with Gasteiger partial charge in [0.05, 0.1) is 23.2 Å². The van der Waals surface area contributed by atoms with Crippen LogP contribution in [0.25, 0.3) is 11.6 Å². The molecule has 0 heterocycles. The van der Waals surface area contributed by atoms with Crippen molar-refractivity contribution in [2.45, 2.75) is 6.61 Å². The van der Waals surface area contributed by atoms with Crippen LogP contribution >= 0.6 is 27.5 Å². The number of nitrogens with zero attached hydrogens (tertiary/aromatic N) is 1. The van der Waals surface area contributed by atoms with Gasteiger partial charge in [0.2, 0.25) is 0 Å². The lowest BCUT2D eigenvalue weighted by Crippen LogP contribution is -1.99. The number of allylic oxidation sites excluding steroid dienone is 1. The van der Waals surface area contributed by atoms with E-state index in [1.54, 1.807) is 42.5 Å². The number of hydrogen-bond donors (Lipinski definition) is 0. The van der Waals surface area contributed by atoms with Gasteiger partial charge in [-0.1, -0.05) is 48.0 Å². The van der Waals surface area contributed by atoms with E-state index in [1.165, 1.54) is 13.2 Å². The molecule has 0 aromatic heterocycles. The monoisotopic (exact) mass is 471 g/mol. The molecule has 29 heavy (non-hydrogen) atoms. The minimum atomic E-state index is -0.453. The summed E-state index contributed by atoms with van der Waals surface area (Å²) in [4.78, 5) is 0. The van der Waals surface area contributed by atoms with Crippen LogP contribution in [0, 0.1) is 17.1 Å². The number of ether oxygens (including phenoxy) is 2. The molecule has 3 rings (SSSR count). The number of nitriles is 1. The van der Waals surface area contributed by atoms with Crippen molar-refractivity contribution in [2.75, 3.05) is 7.11 Å². The average Bonchev–Trinajstić information content (AvgIpc) is 2.72. The van der Waals surface area contributed by atoms with E-state index in [9.17, 15) is 9.65 Å². The summed E-state index contributed by atoms with van der Waals surface area (Å²) in [6.45, 7) is 0.266. The molecule has 6 heteroatoms. The molecule has 0 spiro atoms. The third kappa shape index (κ3) is 4.97. The zero-order valence-corrected chi connectivity index (χ0v) is 17.8. The standard InChI is InChI=1S/C23H16BrClFNO2/c1-28-22-12-15(10-17(13-27)18-7-3-5-9-21(18)26)11-19(24)23(22)29-14-16-6-2-4-8-20(16)25/h2-12H,14H2,1H3/b17-10+. The van der Waals surface area contributed by atoms with Crippen molar-refractivity contribution in [1.82, 2.24) is 0 Å². The summed E-state index contributed by atoms with van der Waals surface area (Å²) in [5.41, 5.74) is 1.96. The van der Waals surface area contributed by atoms with Gasteiger partial charge in [-0.3, -0.25) is 0 Å². The molecule has 0 amide bonds. The summed E-state index contributed by atoms with van der Waals surface area (Å²) >= 11 is 9.67. The van der Waals surface area contributed by atoms with Gasteiger partial charge in [-0.25, -0.2) is 4.39 Å². The highest BCUT2D eigenvalue weighted by Gasteiger charge is 2.14. The van der Waals surface area contributed by atoms with Gasteiger partial charge in [-0.05, 0) is 51.8 Å². The molecule has 3 nitrogen and oxygen atoms in total. The van der Waals surface area contributed by atoms with Gasteiger partial charge in [0, 0.05) is 16.1 Å². The third-order valence-corrected chi connectivity index (χ3v) is 5.13. The summed E-state index contributed by atoms with van der Waals surface area (Å²) < 4.78 is 26.1. The fourth-order valence-electron chi connectivity index (χ4n) is 2.75. The van der Waals surface area contributed by atoms with Crippen LogP contribution in [0.3, 0.4) is 0 Å². The Balaban J connectivity index is 1.93. The van der Waals surface area contributed by atoms with Crippen molar-refractivity contribution in [1.29, 1.82) is 5.26 Å². The van der Waals surface area contributed by atoms with Crippen LogP contribution in [0.4, 0.5) is 4.39 Å². The van der Waals surface area contributed by atoms with Crippen LogP contribution in [0.1, 0.15) is 16.7 Å². The molecular formula is C23H16BrClFNO2. The Morgan fingerprint density at radius 2 is 1.90 bits per heavy atom. The van der Waals surface area contributed by atoms with Gasteiger partial charge in [-0.2, -0.15) is 5.26 Å². The van der Waals surface area contributed by atoms with Gasteiger partial charge in [0.1, 0.15) is 12.4 Å². The second kappa shape index (κ2) is 9.60. The lowest BCUT2D eigenvalue weighted by Gasteiger charge is -2.14. The molecule has 0 radical (unpaired) electrons. The molecule has 0 bridgehead atoms. The molecule has 0 aliphatic rings. The molecule has 0 N–H and O–H groups in total. The number of halogens is 3. The first-order chi connectivity index (χ1) is 14.0. The van der Waals surface area contributed by atoms with E-state index in [1.807, 2.05) is 18.2 Å². The van der Waals surface area contributed by atoms with Gasteiger partial charge in [0.25, 0.3) is 0 Å². The highest BCUT2D eigenvalue weighted by molar-refractivity contribution is 9.10. The van der Waals surface area contributed by atoms with E-state index in [2.05, 4.69) is 22.0 Å². The Morgan fingerprint density at radius 1 is 1.17 bits per heavy atom. The molecule has 0 saturated carbocycles. The normalized spacial score (nSPS) is 11.1. The molecule has 0 aliphatic carbocycles. The van der Waals surface area contributed by atoms with Crippen LogP contribution in [0.15, 0.2) is 65.1 Å². The molecule has 0 aliphatic heterocycles. The highest BCUT2D eigenvalue weighted by Crippen LogP contribution is 2.38. The van der Waals surface area contributed by atoms with E-state index in [0.717, 1.165) is 5.56 Å². The highest BCUT2D eigenvalue weighted by atomic mass is 79.9. The van der Waals surface area contributed by atoms with Gasteiger partial charge in [-0.15, -0.1) is 0 Å². The van der Waals surface area contributed by atoms with Gasteiger partial charge >= 0.3 is 0 Å². The molecule has 0 saturated heterocycles. The molecule has 3 aromatic carbocycles. The van der Waals surface area contributed by atoms with E-state index in [0.29, 0.717) is 26.6 Å². The van der Waals surface area contributed by atoms with Crippen molar-refractivity contribution in [3.05, 3.63) is 92.7 Å². The largest absolute Gasteiger partial charge is 0.493 e. The van der Waals surface area contributed by atoms with E-state index >= 15 is 0 Å². The number of rotatable bonds is 6.